The minimum absolute atomic E-state index is 0. The predicted molar refractivity (Wildman–Crippen MR) is 101 cm³/mol. The fraction of sp³-hybridized carbons (Fsp3) is 0.600. The molecule has 1 saturated heterocycles. The Balaban J connectivity index is 0.00000242. The van der Waals surface area contributed by atoms with Gasteiger partial charge in [-0.05, 0) is 32.9 Å². The van der Waals surface area contributed by atoms with E-state index in [0.29, 0.717) is 12.5 Å². The van der Waals surface area contributed by atoms with Crippen molar-refractivity contribution < 1.29 is 4.74 Å². The molecule has 0 saturated carbocycles. The minimum Gasteiger partial charge on any atom is -0.378 e. The number of aliphatic imine (C=N–C) groups is 1. The lowest BCUT2D eigenvalue weighted by Crippen LogP contribution is -2.45. The van der Waals surface area contributed by atoms with Gasteiger partial charge in [-0.1, -0.05) is 6.07 Å². The van der Waals surface area contributed by atoms with Crippen molar-refractivity contribution in [3.63, 3.8) is 0 Å². The average Bonchev–Trinajstić information content (AvgIpc) is 2.45. The van der Waals surface area contributed by atoms with Gasteiger partial charge in [-0.2, -0.15) is 0 Å². The summed E-state index contributed by atoms with van der Waals surface area (Å²) in [6.45, 7) is 9.90. The smallest absolute Gasteiger partial charge is 0.189 e. The van der Waals surface area contributed by atoms with E-state index in [-0.39, 0.29) is 29.5 Å². The van der Waals surface area contributed by atoms with Crippen LogP contribution >= 0.6 is 24.0 Å². The molecule has 0 aliphatic carbocycles. The Bertz CT molecular complexity index is 495. The van der Waals surface area contributed by atoms with Gasteiger partial charge in [0.15, 0.2) is 5.96 Å². The Labute approximate surface area is 149 Å². The highest BCUT2D eigenvalue weighted by Crippen LogP contribution is 2.13. The average molecular weight is 419 g/mol. The number of guanidine groups is 1. The molecule has 1 aliphatic heterocycles. The Morgan fingerprint density at radius 3 is 2.68 bits per heavy atom. The van der Waals surface area contributed by atoms with E-state index in [0.717, 1.165) is 37.8 Å². The van der Waals surface area contributed by atoms with Crippen LogP contribution in [0.1, 0.15) is 26.5 Å². The molecule has 2 rings (SSSR count). The molecule has 0 aromatic carbocycles. The molecule has 124 valence electrons. The van der Waals surface area contributed by atoms with Crippen LogP contribution in [0.15, 0.2) is 23.2 Å². The van der Waals surface area contributed by atoms with Crippen LogP contribution in [0.2, 0.25) is 0 Å². The second-order valence-electron chi connectivity index (χ2n) is 6.16. The van der Waals surface area contributed by atoms with Gasteiger partial charge >= 0.3 is 0 Å². The first-order valence-corrected chi connectivity index (χ1v) is 7.31. The highest BCUT2D eigenvalue weighted by molar-refractivity contribution is 14.0. The lowest BCUT2D eigenvalue weighted by molar-refractivity contribution is 0.122. The number of ether oxygens (including phenoxy) is 1. The molecule has 22 heavy (non-hydrogen) atoms. The number of anilines is 1. The number of aromatic nitrogens is 1. The molecule has 1 fully saturated rings. The van der Waals surface area contributed by atoms with Crippen LogP contribution in [0.3, 0.4) is 0 Å². The summed E-state index contributed by atoms with van der Waals surface area (Å²) in [5.74, 6) is 1.43. The molecule has 0 amide bonds. The third-order valence-corrected chi connectivity index (χ3v) is 3.04. The number of rotatable bonds is 3. The van der Waals surface area contributed by atoms with Gasteiger partial charge in [0.05, 0.1) is 25.5 Å². The zero-order valence-electron chi connectivity index (χ0n) is 13.5. The summed E-state index contributed by atoms with van der Waals surface area (Å²) < 4.78 is 5.36. The molecular weight excluding hydrogens is 393 g/mol. The number of nitrogens with zero attached hydrogens (tertiary/aromatic N) is 3. The van der Waals surface area contributed by atoms with E-state index in [1.165, 1.54) is 0 Å². The molecule has 1 aromatic rings. The van der Waals surface area contributed by atoms with Gasteiger partial charge in [-0.3, -0.25) is 0 Å². The summed E-state index contributed by atoms with van der Waals surface area (Å²) in [5, 5.41) is 3.14. The van der Waals surface area contributed by atoms with Gasteiger partial charge in [0.1, 0.15) is 5.82 Å². The largest absolute Gasteiger partial charge is 0.378 e. The zero-order chi connectivity index (χ0) is 15.3. The predicted octanol–water partition coefficient (Wildman–Crippen LogP) is 1.74. The maximum absolute atomic E-state index is 5.87. The van der Waals surface area contributed by atoms with E-state index in [1.807, 2.05) is 39.0 Å². The van der Waals surface area contributed by atoms with Crippen molar-refractivity contribution in [1.82, 2.24) is 10.3 Å². The van der Waals surface area contributed by atoms with Crippen LogP contribution < -0.4 is 16.0 Å². The fourth-order valence-electron chi connectivity index (χ4n) is 2.11. The second kappa shape index (κ2) is 8.52. The van der Waals surface area contributed by atoms with Crippen LogP contribution in [0.4, 0.5) is 5.82 Å². The molecule has 0 radical (unpaired) electrons. The third-order valence-electron chi connectivity index (χ3n) is 3.04. The summed E-state index contributed by atoms with van der Waals surface area (Å²) in [6, 6.07) is 6.00. The minimum atomic E-state index is -0.0866. The van der Waals surface area contributed by atoms with E-state index in [9.17, 15) is 0 Å². The van der Waals surface area contributed by atoms with Gasteiger partial charge in [0, 0.05) is 18.6 Å². The highest BCUT2D eigenvalue weighted by Gasteiger charge is 2.13. The molecule has 1 aliphatic rings. The molecule has 6 nitrogen and oxygen atoms in total. The molecule has 7 heteroatoms. The van der Waals surface area contributed by atoms with Gasteiger partial charge in [-0.15, -0.1) is 24.0 Å². The molecule has 0 unspecified atom stereocenters. The summed E-state index contributed by atoms with van der Waals surface area (Å²) >= 11 is 0. The van der Waals surface area contributed by atoms with Gasteiger partial charge in [0.2, 0.25) is 0 Å². The maximum atomic E-state index is 5.87. The highest BCUT2D eigenvalue weighted by atomic mass is 127. The zero-order valence-corrected chi connectivity index (χ0v) is 15.8. The van der Waals surface area contributed by atoms with E-state index in [4.69, 9.17) is 10.5 Å². The molecule has 2 heterocycles. The number of hydrogen-bond donors (Lipinski definition) is 2. The summed E-state index contributed by atoms with van der Waals surface area (Å²) in [7, 11) is 0. The van der Waals surface area contributed by atoms with Crippen LogP contribution in [0, 0.1) is 0 Å². The lowest BCUT2D eigenvalue weighted by Gasteiger charge is -2.28. The van der Waals surface area contributed by atoms with Crippen LogP contribution in [0.25, 0.3) is 0 Å². The number of pyridine rings is 1. The number of nitrogens with two attached hydrogens (primary N) is 1. The van der Waals surface area contributed by atoms with Crippen molar-refractivity contribution in [2.45, 2.75) is 32.9 Å². The fourth-order valence-corrected chi connectivity index (χ4v) is 2.11. The summed E-state index contributed by atoms with van der Waals surface area (Å²) in [6.07, 6.45) is 0. The van der Waals surface area contributed by atoms with Crippen molar-refractivity contribution in [2.24, 2.45) is 10.7 Å². The quantitative estimate of drug-likeness (QED) is 0.444. The topological polar surface area (TPSA) is 75.8 Å². The summed E-state index contributed by atoms with van der Waals surface area (Å²) in [5.41, 5.74) is 6.70. The monoisotopic (exact) mass is 419 g/mol. The normalized spacial score (nSPS) is 16.1. The summed E-state index contributed by atoms with van der Waals surface area (Å²) in [4.78, 5) is 11.2. The van der Waals surface area contributed by atoms with Crippen LogP contribution in [0.5, 0.6) is 0 Å². The van der Waals surface area contributed by atoms with Crippen molar-refractivity contribution in [2.75, 3.05) is 31.2 Å². The first-order valence-electron chi connectivity index (χ1n) is 7.31. The van der Waals surface area contributed by atoms with Crippen LogP contribution in [-0.4, -0.2) is 42.8 Å². The van der Waals surface area contributed by atoms with Crippen molar-refractivity contribution in [3.05, 3.63) is 23.9 Å². The van der Waals surface area contributed by atoms with Crippen molar-refractivity contribution in [3.8, 4) is 0 Å². The molecule has 0 spiro atoms. The Hall–Kier alpha value is -1.09. The van der Waals surface area contributed by atoms with Crippen LogP contribution in [-0.2, 0) is 11.3 Å². The van der Waals surface area contributed by atoms with E-state index in [1.54, 1.807) is 0 Å². The van der Waals surface area contributed by atoms with Gasteiger partial charge < -0.3 is 20.7 Å². The van der Waals surface area contributed by atoms with E-state index < -0.39 is 0 Å². The molecule has 3 N–H and O–H groups in total. The number of halogens is 1. The standard InChI is InChI=1S/C15H25N5O.HI/c1-15(2,3)19-14(16)17-11-12-5-4-6-13(18-12)20-7-9-21-10-8-20;/h4-6H,7-11H2,1-3H3,(H3,16,17,19);1H. The lowest BCUT2D eigenvalue weighted by atomic mass is 10.1. The van der Waals surface area contributed by atoms with Crippen molar-refractivity contribution in [1.29, 1.82) is 0 Å². The number of nitrogens with one attached hydrogen (secondary N) is 1. The SMILES string of the molecule is CC(C)(C)NC(N)=NCc1cccc(N2CCOCC2)n1.I. The van der Waals surface area contributed by atoms with E-state index in [2.05, 4.69) is 20.2 Å². The Morgan fingerprint density at radius 1 is 1.36 bits per heavy atom. The van der Waals surface area contributed by atoms with E-state index >= 15 is 0 Å². The third kappa shape index (κ3) is 6.35. The van der Waals surface area contributed by atoms with Crippen molar-refractivity contribution >= 4 is 35.8 Å². The Kier molecular flexibility index (Phi) is 7.34. The maximum Gasteiger partial charge on any atom is 0.189 e. The second-order valence-corrected chi connectivity index (χ2v) is 6.16. The molecule has 1 aromatic heterocycles. The molecule has 0 atom stereocenters. The number of hydrogen-bond acceptors (Lipinski definition) is 4. The molecular formula is C15H26IN5O. The number of morpholine rings is 1. The van der Waals surface area contributed by atoms with Gasteiger partial charge in [-0.25, -0.2) is 9.98 Å². The first kappa shape index (κ1) is 19.0. The van der Waals surface area contributed by atoms with Gasteiger partial charge in [0.25, 0.3) is 0 Å². The molecule has 0 bridgehead atoms. The first-order chi connectivity index (χ1) is 9.94. The Morgan fingerprint density at radius 2 is 2.05 bits per heavy atom.